The highest BCUT2D eigenvalue weighted by molar-refractivity contribution is 6.10. The normalized spacial score (nSPS) is 12.2. The SMILES string of the molecule is C/C(=N/O)c1ccc2c(ccc3ccccc32)c1. The van der Waals surface area contributed by atoms with E-state index in [1.807, 2.05) is 12.1 Å². The lowest BCUT2D eigenvalue weighted by Crippen LogP contribution is -1.93. The zero-order valence-corrected chi connectivity index (χ0v) is 10.1. The number of fused-ring (bicyclic) bond motifs is 3. The van der Waals surface area contributed by atoms with Crippen LogP contribution in [0, 0.1) is 0 Å². The molecule has 0 heterocycles. The summed E-state index contributed by atoms with van der Waals surface area (Å²) in [5.74, 6) is 0. The number of oxime groups is 1. The summed E-state index contributed by atoms with van der Waals surface area (Å²) in [5.41, 5.74) is 1.57. The van der Waals surface area contributed by atoms with Crippen molar-refractivity contribution in [2.24, 2.45) is 5.16 Å². The summed E-state index contributed by atoms with van der Waals surface area (Å²) in [7, 11) is 0. The van der Waals surface area contributed by atoms with Gasteiger partial charge in [-0.3, -0.25) is 0 Å². The predicted octanol–water partition coefficient (Wildman–Crippen LogP) is 4.19. The molecule has 0 aliphatic heterocycles. The fourth-order valence-electron chi connectivity index (χ4n) is 2.30. The Morgan fingerprint density at radius 2 is 1.61 bits per heavy atom. The lowest BCUT2D eigenvalue weighted by Gasteiger charge is -2.06. The highest BCUT2D eigenvalue weighted by atomic mass is 16.4. The molecule has 2 heteroatoms. The van der Waals surface area contributed by atoms with Crippen LogP contribution in [0.2, 0.25) is 0 Å². The Labute approximate surface area is 105 Å². The zero-order chi connectivity index (χ0) is 12.5. The number of rotatable bonds is 1. The van der Waals surface area contributed by atoms with Crippen LogP contribution in [0.15, 0.2) is 59.8 Å². The Hall–Kier alpha value is -2.35. The van der Waals surface area contributed by atoms with Gasteiger partial charge in [0.2, 0.25) is 0 Å². The molecule has 0 spiro atoms. The molecule has 0 saturated heterocycles. The minimum absolute atomic E-state index is 0.630. The van der Waals surface area contributed by atoms with E-state index in [0.29, 0.717) is 5.71 Å². The molecule has 0 aliphatic rings. The van der Waals surface area contributed by atoms with Gasteiger partial charge in [0, 0.05) is 0 Å². The highest BCUT2D eigenvalue weighted by Crippen LogP contribution is 2.26. The van der Waals surface area contributed by atoms with Gasteiger partial charge in [0.15, 0.2) is 0 Å². The molecular formula is C16H13NO. The molecule has 3 aromatic carbocycles. The molecule has 0 amide bonds. The minimum atomic E-state index is 0.630. The minimum Gasteiger partial charge on any atom is -0.411 e. The van der Waals surface area contributed by atoms with Crippen LogP contribution in [0.3, 0.4) is 0 Å². The Balaban J connectivity index is 2.34. The van der Waals surface area contributed by atoms with E-state index >= 15 is 0 Å². The molecular weight excluding hydrogens is 222 g/mol. The second kappa shape index (κ2) is 4.15. The second-order valence-electron chi connectivity index (χ2n) is 4.41. The first-order valence-electron chi connectivity index (χ1n) is 5.90. The maximum atomic E-state index is 8.82. The van der Waals surface area contributed by atoms with Crippen molar-refractivity contribution in [1.82, 2.24) is 0 Å². The number of nitrogens with zero attached hydrogens (tertiary/aromatic N) is 1. The van der Waals surface area contributed by atoms with E-state index in [4.69, 9.17) is 5.21 Å². The molecule has 88 valence electrons. The quantitative estimate of drug-likeness (QED) is 0.291. The van der Waals surface area contributed by atoms with Crippen molar-refractivity contribution < 1.29 is 5.21 Å². The van der Waals surface area contributed by atoms with Crippen LogP contribution in [0.4, 0.5) is 0 Å². The Bertz CT molecular complexity index is 759. The van der Waals surface area contributed by atoms with Crippen molar-refractivity contribution in [2.45, 2.75) is 6.92 Å². The summed E-state index contributed by atoms with van der Waals surface area (Å²) in [4.78, 5) is 0. The molecule has 0 radical (unpaired) electrons. The average molecular weight is 235 g/mol. The summed E-state index contributed by atoms with van der Waals surface area (Å²) < 4.78 is 0. The number of hydrogen-bond acceptors (Lipinski definition) is 2. The Morgan fingerprint density at radius 3 is 2.44 bits per heavy atom. The van der Waals surface area contributed by atoms with Gasteiger partial charge in [0.1, 0.15) is 0 Å². The number of hydrogen-bond donors (Lipinski definition) is 1. The topological polar surface area (TPSA) is 32.6 Å². The van der Waals surface area contributed by atoms with Gasteiger partial charge in [0.05, 0.1) is 5.71 Å². The van der Waals surface area contributed by atoms with Crippen LogP contribution in [0.5, 0.6) is 0 Å². The third-order valence-corrected chi connectivity index (χ3v) is 3.31. The van der Waals surface area contributed by atoms with Crippen molar-refractivity contribution in [3.05, 3.63) is 60.2 Å². The summed E-state index contributed by atoms with van der Waals surface area (Å²) in [6.07, 6.45) is 0. The van der Waals surface area contributed by atoms with E-state index < -0.39 is 0 Å². The van der Waals surface area contributed by atoms with Crippen molar-refractivity contribution >= 4 is 27.3 Å². The maximum Gasteiger partial charge on any atom is 0.0837 e. The van der Waals surface area contributed by atoms with E-state index in [9.17, 15) is 0 Å². The highest BCUT2D eigenvalue weighted by Gasteiger charge is 2.03. The van der Waals surface area contributed by atoms with E-state index in [-0.39, 0.29) is 0 Å². The van der Waals surface area contributed by atoms with Gasteiger partial charge < -0.3 is 5.21 Å². The lowest BCUT2D eigenvalue weighted by molar-refractivity contribution is 0.319. The first-order chi connectivity index (χ1) is 8.79. The predicted molar refractivity (Wildman–Crippen MR) is 75.5 cm³/mol. The standard InChI is InChI=1S/C16H13NO/c1-11(17-18)13-8-9-16-14(10-13)7-6-12-4-2-3-5-15(12)16/h2-10,18H,1H3/b17-11-. The summed E-state index contributed by atoms with van der Waals surface area (Å²) in [6, 6.07) is 18.7. The molecule has 0 atom stereocenters. The van der Waals surface area contributed by atoms with Gasteiger partial charge in [-0.1, -0.05) is 53.7 Å². The van der Waals surface area contributed by atoms with Crippen LogP contribution in [-0.2, 0) is 0 Å². The van der Waals surface area contributed by atoms with Crippen LogP contribution < -0.4 is 0 Å². The summed E-state index contributed by atoms with van der Waals surface area (Å²) >= 11 is 0. The van der Waals surface area contributed by atoms with Gasteiger partial charge in [-0.15, -0.1) is 0 Å². The molecule has 0 aliphatic carbocycles. The van der Waals surface area contributed by atoms with Crippen molar-refractivity contribution in [1.29, 1.82) is 0 Å². The first-order valence-corrected chi connectivity index (χ1v) is 5.90. The molecule has 3 aromatic rings. The molecule has 0 bridgehead atoms. The molecule has 2 nitrogen and oxygen atoms in total. The molecule has 0 unspecified atom stereocenters. The van der Waals surface area contributed by atoms with E-state index in [1.54, 1.807) is 6.92 Å². The summed E-state index contributed by atoms with van der Waals surface area (Å²) in [6.45, 7) is 1.79. The van der Waals surface area contributed by atoms with Gasteiger partial charge in [-0.2, -0.15) is 0 Å². The monoisotopic (exact) mass is 235 g/mol. The third kappa shape index (κ3) is 1.63. The van der Waals surface area contributed by atoms with Crippen molar-refractivity contribution in [2.75, 3.05) is 0 Å². The first kappa shape index (κ1) is 10.8. The molecule has 0 saturated carbocycles. The van der Waals surface area contributed by atoms with Gasteiger partial charge in [-0.05, 0) is 40.1 Å². The van der Waals surface area contributed by atoms with Crippen LogP contribution in [0.25, 0.3) is 21.5 Å². The van der Waals surface area contributed by atoms with Crippen LogP contribution >= 0.6 is 0 Å². The van der Waals surface area contributed by atoms with Crippen molar-refractivity contribution in [3.63, 3.8) is 0 Å². The maximum absolute atomic E-state index is 8.82. The van der Waals surface area contributed by atoms with Crippen LogP contribution in [-0.4, -0.2) is 10.9 Å². The van der Waals surface area contributed by atoms with E-state index in [2.05, 4.69) is 47.6 Å². The molecule has 0 fully saturated rings. The summed E-state index contributed by atoms with van der Waals surface area (Å²) in [5, 5.41) is 16.9. The fourth-order valence-corrected chi connectivity index (χ4v) is 2.30. The Morgan fingerprint density at radius 1 is 0.889 bits per heavy atom. The number of benzene rings is 3. The third-order valence-electron chi connectivity index (χ3n) is 3.31. The van der Waals surface area contributed by atoms with Gasteiger partial charge in [0.25, 0.3) is 0 Å². The Kier molecular flexibility index (Phi) is 2.49. The van der Waals surface area contributed by atoms with Gasteiger partial charge >= 0.3 is 0 Å². The lowest BCUT2D eigenvalue weighted by atomic mass is 9.99. The van der Waals surface area contributed by atoms with E-state index in [1.165, 1.54) is 16.2 Å². The van der Waals surface area contributed by atoms with Crippen LogP contribution in [0.1, 0.15) is 12.5 Å². The molecule has 1 N–H and O–H groups in total. The van der Waals surface area contributed by atoms with Crippen molar-refractivity contribution in [3.8, 4) is 0 Å². The van der Waals surface area contributed by atoms with E-state index in [0.717, 1.165) is 10.9 Å². The molecule has 18 heavy (non-hydrogen) atoms. The fraction of sp³-hybridized carbons (Fsp3) is 0.0625. The zero-order valence-electron chi connectivity index (χ0n) is 10.1. The van der Waals surface area contributed by atoms with Gasteiger partial charge in [-0.25, -0.2) is 0 Å². The molecule has 3 rings (SSSR count). The molecule has 0 aromatic heterocycles. The average Bonchev–Trinajstić information content (AvgIpc) is 2.45. The largest absolute Gasteiger partial charge is 0.411 e. The second-order valence-corrected chi connectivity index (χ2v) is 4.41. The smallest absolute Gasteiger partial charge is 0.0837 e.